The molecule has 3 unspecified atom stereocenters. The summed E-state index contributed by atoms with van der Waals surface area (Å²) >= 11 is 0. The maximum absolute atomic E-state index is 9.41. The predicted octanol–water partition coefficient (Wildman–Crippen LogP) is 1.99. The second-order valence-corrected chi connectivity index (χ2v) is 4.23. The molecule has 0 bridgehead atoms. The van der Waals surface area contributed by atoms with Crippen LogP contribution in [0.25, 0.3) is 0 Å². The first kappa shape index (κ1) is 16.8. The topological polar surface area (TPSA) is 47.9 Å². The third kappa shape index (κ3) is 9.53. The van der Waals surface area contributed by atoms with Gasteiger partial charge >= 0.3 is 0 Å². The highest BCUT2D eigenvalue weighted by Crippen LogP contribution is 2.04. The van der Waals surface area contributed by atoms with Gasteiger partial charge in [-0.3, -0.25) is 0 Å². The van der Waals surface area contributed by atoms with Crippen LogP contribution in [0.3, 0.4) is 0 Å². The molecule has 0 heterocycles. The van der Waals surface area contributed by atoms with Gasteiger partial charge in [-0.15, -0.1) is 0 Å². The van der Waals surface area contributed by atoms with Gasteiger partial charge in [0.15, 0.2) is 0 Å². The Morgan fingerprint density at radius 3 is 2.18 bits per heavy atom. The summed E-state index contributed by atoms with van der Waals surface area (Å²) in [6.45, 7) is 10.2. The molecule has 0 aromatic rings. The van der Waals surface area contributed by atoms with Gasteiger partial charge in [-0.05, 0) is 26.7 Å². The third-order valence-corrected chi connectivity index (χ3v) is 2.57. The molecule has 0 aromatic heterocycles. The Morgan fingerprint density at radius 1 is 0.941 bits per heavy atom. The molecular formula is C13H28O4. The molecule has 0 aliphatic heterocycles. The highest BCUT2D eigenvalue weighted by Gasteiger charge is 2.11. The Balaban J connectivity index is 3.66. The number of aliphatic hydroxyl groups is 1. The number of aliphatic hydroxyl groups excluding tert-OH is 1. The molecule has 1 N–H and O–H groups in total. The van der Waals surface area contributed by atoms with Gasteiger partial charge in [-0.2, -0.15) is 0 Å². The van der Waals surface area contributed by atoms with Crippen molar-refractivity contribution >= 4 is 0 Å². The van der Waals surface area contributed by atoms with E-state index in [1.165, 1.54) is 0 Å². The van der Waals surface area contributed by atoms with E-state index in [4.69, 9.17) is 14.2 Å². The Kier molecular flexibility index (Phi) is 10.9. The van der Waals surface area contributed by atoms with Gasteiger partial charge in [-0.25, -0.2) is 0 Å². The van der Waals surface area contributed by atoms with E-state index in [0.717, 1.165) is 12.8 Å². The van der Waals surface area contributed by atoms with Gasteiger partial charge in [0, 0.05) is 6.61 Å². The fourth-order valence-corrected chi connectivity index (χ4v) is 1.25. The van der Waals surface area contributed by atoms with E-state index >= 15 is 0 Å². The van der Waals surface area contributed by atoms with Crippen molar-refractivity contribution in [1.29, 1.82) is 0 Å². The molecule has 0 aliphatic carbocycles. The molecule has 0 fully saturated rings. The second-order valence-electron chi connectivity index (χ2n) is 4.23. The van der Waals surface area contributed by atoms with Crippen molar-refractivity contribution < 1.29 is 19.3 Å². The fraction of sp³-hybridized carbons (Fsp3) is 1.00. The Labute approximate surface area is 105 Å². The molecular weight excluding hydrogens is 220 g/mol. The van der Waals surface area contributed by atoms with Crippen molar-refractivity contribution in [3.05, 3.63) is 0 Å². The number of rotatable bonds is 11. The first-order chi connectivity index (χ1) is 8.13. The Hall–Kier alpha value is -0.160. The van der Waals surface area contributed by atoms with Crippen LogP contribution in [0.1, 0.15) is 40.5 Å². The minimum absolute atomic E-state index is 0.0558. The summed E-state index contributed by atoms with van der Waals surface area (Å²) < 4.78 is 16.5. The van der Waals surface area contributed by atoms with Crippen LogP contribution < -0.4 is 0 Å². The smallest absolute Gasteiger partial charge is 0.0807 e. The number of hydrogen-bond acceptors (Lipinski definition) is 4. The monoisotopic (exact) mass is 248 g/mol. The van der Waals surface area contributed by atoms with E-state index in [2.05, 4.69) is 6.92 Å². The van der Waals surface area contributed by atoms with Crippen molar-refractivity contribution in [1.82, 2.24) is 0 Å². The van der Waals surface area contributed by atoms with Gasteiger partial charge in [-0.1, -0.05) is 13.8 Å². The maximum Gasteiger partial charge on any atom is 0.0807 e. The van der Waals surface area contributed by atoms with Gasteiger partial charge in [0.25, 0.3) is 0 Å². The zero-order chi connectivity index (χ0) is 13.1. The largest absolute Gasteiger partial charge is 0.391 e. The van der Waals surface area contributed by atoms with E-state index in [9.17, 15) is 5.11 Å². The van der Waals surface area contributed by atoms with Gasteiger partial charge < -0.3 is 19.3 Å². The van der Waals surface area contributed by atoms with Crippen LogP contribution in [0.2, 0.25) is 0 Å². The summed E-state index contributed by atoms with van der Waals surface area (Å²) in [7, 11) is 0. The summed E-state index contributed by atoms with van der Waals surface area (Å²) in [5.74, 6) is 0. The molecule has 4 nitrogen and oxygen atoms in total. The van der Waals surface area contributed by atoms with Crippen LogP contribution in [-0.2, 0) is 14.2 Å². The van der Waals surface area contributed by atoms with Crippen molar-refractivity contribution in [2.75, 3.05) is 26.4 Å². The van der Waals surface area contributed by atoms with Crippen LogP contribution >= 0.6 is 0 Å². The zero-order valence-corrected chi connectivity index (χ0v) is 11.6. The maximum atomic E-state index is 9.41. The standard InChI is InChI=1S/C13H28O4/c1-5-12(14)9-17-13(6-2)10-16-11(4)8-15-7-3/h11-14H,5-10H2,1-4H3. The SMILES string of the molecule is CCOCC(C)OCC(CC)OCC(O)CC. The minimum atomic E-state index is -0.370. The van der Waals surface area contributed by atoms with Crippen molar-refractivity contribution in [3.63, 3.8) is 0 Å². The number of ether oxygens (including phenoxy) is 3. The summed E-state index contributed by atoms with van der Waals surface area (Å²) in [4.78, 5) is 0. The summed E-state index contributed by atoms with van der Waals surface area (Å²) in [5.41, 5.74) is 0. The molecule has 0 radical (unpaired) electrons. The highest BCUT2D eigenvalue weighted by atomic mass is 16.6. The average Bonchev–Trinajstić information content (AvgIpc) is 2.35. The summed E-state index contributed by atoms with van der Waals surface area (Å²) in [6, 6.07) is 0. The zero-order valence-electron chi connectivity index (χ0n) is 11.6. The molecule has 0 aromatic carbocycles. The molecule has 4 heteroatoms. The van der Waals surface area contributed by atoms with Gasteiger partial charge in [0.1, 0.15) is 0 Å². The minimum Gasteiger partial charge on any atom is -0.391 e. The Bertz CT molecular complexity index is 163. The van der Waals surface area contributed by atoms with Crippen molar-refractivity contribution in [2.45, 2.75) is 58.8 Å². The van der Waals surface area contributed by atoms with Crippen LogP contribution in [0.4, 0.5) is 0 Å². The lowest BCUT2D eigenvalue weighted by Gasteiger charge is -2.20. The first-order valence-electron chi connectivity index (χ1n) is 6.62. The average molecular weight is 248 g/mol. The third-order valence-electron chi connectivity index (χ3n) is 2.57. The molecule has 0 saturated carbocycles. The fourth-order valence-electron chi connectivity index (χ4n) is 1.25. The van der Waals surface area contributed by atoms with Crippen molar-refractivity contribution in [2.24, 2.45) is 0 Å². The predicted molar refractivity (Wildman–Crippen MR) is 68.2 cm³/mol. The molecule has 0 amide bonds. The number of hydrogen-bond donors (Lipinski definition) is 1. The van der Waals surface area contributed by atoms with Crippen LogP contribution in [0, 0.1) is 0 Å². The first-order valence-corrected chi connectivity index (χ1v) is 6.62. The van der Waals surface area contributed by atoms with E-state index < -0.39 is 0 Å². The molecule has 0 saturated heterocycles. The highest BCUT2D eigenvalue weighted by molar-refractivity contribution is 4.58. The molecule has 0 rings (SSSR count). The van der Waals surface area contributed by atoms with Gasteiger partial charge in [0.2, 0.25) is 0 Å². The lowest BCUT2D eigenvalue weighted by atomic mass is 10.2. The second kappa shape index (κ2) is 11.0. The van der Waals surface area contributed by atoms with Gasteiger partial charge in [0.05, 0.1) is 38.1 Å². The lowest BCUT2D eigenvalue weighted by molar-refractivity contribution is -0.0784. The summed E-state index contributed by atoms with van der Waals surface area (Å²) in [6.07, 6.45) is 1.38. The summed E-state index contributed by atoms with van der Waals surface area (Å²) in [5, 5.41) is 9.41. The molecule has 17 heavy (non-hydrogen) atoms. The molecule has 3 atom stereocenters. The normalized spacial score (nSPS) is 16.8. The Morgan fingerprint density at radius 2 is 1.65 bits per heavy atom. The lowest BCUT2D eigenvalue weighted by Crippen LogP contribution is -2.27. The van der Waals surface area contributed by atoms with E-state index in [1.807, 2.05) is 20.8 Å². The molecule has 0 aliphatic rings. The van der Waals surface area contributed by atoms with E-state index in [-0.39, 0.29) is 18.3 Å². The quantitative estimate of drug-likeness (QED) is 0.607. The van der Waals surface area contributed by atoms with Crippen LogP contribution in [-0.4, -0.2) is 49.8 Å². The van der Waals surface area contributed by atoms with Crippen LogP contribution in [0.5, 0.6) is 0 Å². The van der Waals surface area contributed by atoms with Crippen molar-refractivity contribution in [3.8, 4) is 0 Å². The van der Waals surface area contributed by atoms with E-state index in [0.29, 0.717) is 26.4 Å². The molecule has 0 spiro atoms. The molecule has 104 valence electrons. The van der Waals surface area contributed by atoms with E-state index in [1.54, 1.807) is 0 Å². The van der Waals surface area contributed by atoms with Crippen LogP contribution in [0.15, 0.2) is 0 Å².